The largest absolute Gasteiger partial charge is 0.324 e. The summed E-state index contributed by atoms with van der Waals surface area (Å²) in [6.07, 6.45) is 1.23. The van der Waals surface area contributed by atoms with Crippen molar-refractivity contribution < 1.29 is 14.4 Å². The van der Waals surface area contributed by atoms with Crippen LogP contribution in [0.1, 0.15) is 10.4 Å². The minimum absolute atomic E-state index is 0.0284. The molecular formula is C19H17N3O3S. The van der Waals surface area contributed by atoms with Gasteiger partial charge in [-0.05, 0) is 48.5 Å². The molecule has 132 valence electrons. The second-order valence-corrected chi connectivity index (χ2v) is 6.67. The molecule has 0 fully saturated rings. The molecule has 0 aromatic heterocycles. The van der Waals surface area contributed by atoms with Crippen LogP contribution < -0.4 is 15.5 Å². The predicted molar refractivity (Wildman–Crippen MR) is 104 cm³/mol. The first-order valence-electron chi connectivity index (χ1n) is 7.86. The van der Waals surface area contributed by atoms with E-state index in [0.29, 0.717) is 22.7 Å². The molecular weight excluding hydrogens is 350 g/mol. The molecule has 2 aromatic rings. The van der Waals surface area contributed by atoms with Crippen molar-refractivity contribution in [3.8, 4) is 0 Å². The number of hydrogen-bond donors (Lipinski definition) is 2. The van der Waals surface area contributed by atoms with Gasteiger partial charge in [0.1, 0.15) is 0 Å². The highest BCUT2D eigenvalue weighted by Crippen LogP contribution is 2.33. The summed E-state index contributed by atoms with van der Waals surface area (Å²) in [7, 11) is 1.64. The maximum absolute atomic E-state index is 12.4. The topological polar surface area (TPSA) is 78.5 Å². The van der Waals surface area contributed by atoms with Crippen molar-refractivity contribution in [1.29, 1.82) is 0 Å². The Hall–Kier alpha value is -3.06. The van der Waals surface area contributed by atoms with Gasteiger partial charge in [-0.25, -0.2) is 0 Å². The van der Waals surface area contributed by atoms with Crippen LogP contribution in [0.4, 0.5) is 17.1 Å². The lowest BCUT2D eigenvalue weighted by molar-refractivity contribution is -0.114. The molecule has 6 nitrogen and oxygen atoms in total. The van der Waals surface area contributed by atoms with Crippen molar-refractivity contribution in [2.75, 3.05) is 28.3 Å². The highest BCUT2D eigenvalue weighted by Gasteiger charge is 2.16. The van der Waals surface area contributed by atoms with Gasteiger partial charge in [0.15, 0.2) is 0 Å². The van der Waals surface area contributed by atoms with Gasteiger partial charge in [0.05, 0.1) is 11.4 Å². The van der Waals surface area contributed by atoms with E-state index in [1.165, 1.54) is 22.7 Å². The summed E-state index contributed by atoms with van der Waals surface area (Å²) in [6.45, 7) is 3.45. The number of rotatable bonds is 4. The van der Waals surface area contributed by atoms with Gasteiger partial charge in [0.25, 0.3) is 5.91 Å². The lowest BCUT2D eigenvalue weighted by Gasteiger charge is -2.17. The summed E-state index contributed by atoms with van der Waals surface area (Å²) < 4.78 is 0. The Morgan fingerprint density at radius 3 is 2.65 bits per heavy atom. The van der Waals surface area contributed by atoms with E-state index in [-0.39, 0.29) is 17.7 Å². The summed E-state index contributed by atoms with van der Waals surface area (Å²) in [6, 6.07) is 12.1. The predicted octanol–water partition coefficient (Wildman–Crippen LogP) is 3.13. The number of hydrogen-bond acceptors (Lipinski definition) is 4. The molecule has 0 radical (unpaired) electrons. The number of thioether (sulfide) groups is 1. The SMILES string of the molecule is C=CC(=O)N(C)c1ccc(C(=O)Nc2ccc3c(c2)SCC(=O)N3)cc1. The zero-order chi connectivity index (χ0) is 18.7. The highest BCUT2D eigenvalue weighted by atomic mass is 32.2. The molecule has 26 heavy (non-hydrogen) atoms. The molecule has 7 heteroatoms. The maximum Gasteiger partial charge on any atom is 0.255 e. The standard InChI is InChI=1S/C19H17N3O3S/c1-3-18(24)22(2)14-7-4-12(5-8-14)19(25)20-13-6-9-15-16(10-13)26-11-17(23)21-15/h3-10H,1,11H2,2H3,(H,20,25)(H,21,23). The summed E-state index contributed by atoms with van der Waals surface area (Å²) in [5, 5.41) is 5.63. The van der Waals surface area contributed by atoms with Gasteiger partial charge in [-0.15, -0.1) is 11.8 Å². The van der Waals surface area contributed by atoms with Crippen LogP contribution >= 0.6 is 11.8 Å². The zero-order valence-electron chi connectivity index (χ0n) is 14.1. The average Bonchev–Trinajstić information content (AvgIpc) is 2.67. The van der Waals surface area contributed by atoms with Crippen molar-refractivity contribution in [3.63, 3.8) is 0 Å². The number of fused-ring (bicyclic) bond motifs is 1. The Morgan fingerprint density at radius 1 is 1.23 bits per heavy atom. The van der Waals surface area contributed by atoms with E-state index >= 15 is 0 Å². The molecule has 2 N–H and O–H groups in total. The van der Waals surface area contributed by atoms with Gasteiger partial charge in [0, 0.05) is 28.9 Å². The van der Waals surface area contributed by atoms with Gasteiger partial charge in [0.2, 0.25) is 11.8 Å². The lowest BCUT2D eigenvalue weighted by Crippen LogP contribution is -2.23. The first-order chi connectivity index (χ1) is 12.5. The quantitative estimate of drug-likeness (QED) is 0.814. The van der Waals surface area contributed by atoms with Gasteiger partial charge in [-0.1, -0.05) is 6.58 Å². The first kappa shape index (κ1) is 17.8. The van der Waals surface area contributed by atoms with Gasteiger partial charge < -0.3 is 15.5 Å². The molecule has 0 atom stereocenters. The van der Waals surface area contributed by atoms with Gasteiger partial charge >= 0.3 is 0 Å². The Kier molecular flexibility index (Phi) is 5.09. The molecule has 0 spiro atoms. The third-order valence-electron chi connectivity index (χ3n) is 3.89. The van der Waals surface area contributed by atoms with E-state index in [9.17, 15) is 14.4 Å². The van der Waals surface area contributed by atoms with Crippen molar-refractivity contribution in [3.05, 3.63) is 60.7 Å². The molecule has 0 unspecified atom stereocenters. The lowest BCUT2D eigenvalue weighted by atomic mass is 10.1. The van der Waals surface area contributed by atoms with E-state index in [2.05, 4.69) is 17.2 Å². The Bertz CT molecular complexity index is 893. The van der Waals surface area contributed by atoms with E-state index in [1.807, 2.05) is 6.07 Å². The van der Waals surface area contributed by atoms with Gasteiger partial charge in [-0.3, -0.25) is 14.4 Å². The number of amides is 3. The summed E-state index contributed by atoms with van der Waals surface area (Å²) in [4.78, 5) is 37.8. The molecule has 3 rings (SSSR count). The number of nitrogens with one attached hydrogen (secondary N) is 2. The van der Waals surface area contributed by atoms with Crippen LogP contribution in [0.5, 0.6) is 0 Å². The van der Waals surface area contributed by atoms with E-state index in [0.717, 1.165) is 10.6 Å². The Balaban J connectivity index is 1.71. The molecule has 1 heterocycles. The van der Waals surface area contributed by atoms with Crippen LogP contribution in [-0.4, -0.2) is 30.5 Å². The van der Waals surface area contributed by atoms with Crippen molar-refractivity contribution >= 4 is 46.5 Å². The number of anilines is 3. The second-order valence-electron chi connectivity index (χ2n) is 5.65. The highest BCUT2D eigenvalue weighted by molar-refractivity contribution is 8.00. The molecule has 0 bridgehead atoms. The third kappa shape index (κ3) is 3.78. The molecule has 1 aliphatic heterocycles. The van der Waals surface area contributed by atoms with Crippen molar-refractivity contribution in [1.82, 2.24) is 0 Å². The van der Waals surface area contributed by atoms with E-state index in [1.54, 1.807) is 43.4 Å². The number of nitrogens with zero attached hydrogens (tertiary/aromatic N) is 1. The number of carbonyl (C=O) groups excluding carboxylic acids is 3. The molecule has 1 aliphatic rings. The molecule has 0 aliphatic carbocycles. The fraction of sp³-hybridized carbons (Fsp3) is 0.105. The Labute approximate surface area is 155 Å². The fourth-order valence-electron chi connectivity index (χ4n) is 2.46. The van der Waals surface area contributed by atoms with Crippen LogP contribution in [0.2, 0.25) is 0 Å². The summed E-state index contributed by atoms with van der Waals surface area (Å²) in [5.74, 6) is -0.137. The van der Waals surface area contributed by atoms with Crippen molar-refractivity contribution in [2.45, 2.75) is 4.90 Å². The number of likely N-dealkylation sites (N-methyl/N-ethyl adjacent to an activating group) is 1. The van der Waals surface area contributed by atoms with E-state index < -0.39 is 0 Å². The molecule has 2 aromatic carbocycles. The molecule has 0 saturated heterocycles. The minimum atomic E-state index is -0.251. The molecule has 3 amide bonds. The van der Waals surface area contributed by atoms with Crippen LogP contribution in [0.3, 0.4) is 0 Å². The first-order valence-corrected chi connectivity index (χ1v) is 8.85. The summed E-state index contributed by atoms with van der Waals surface area (Å²) in [5.41, 5.74) is 2.56. The number of carbonyl (C=O) groups is 3. The molecule has 0 saturated carbocycles. The average molecular weight is 367 g/mol. The van der Waals surface area contributed by atoms with Crippen LogP contribution in [-0.2, 0) is 9.59 Å². The zero-order valence-corrected chi connectivity index (χ0v) is 14.9. The summed E-state index contributed by atoms with van der Waals surface area (Å²) >= 11 is 1.43. The Morgan fingerprint density at radius 2 is 1.96 bits per heavy atom. The normalized spacial score (nSPS) is 12.6. The maximum atomic E-state index is 12.4. The monoisotopic (exact) mass is 367 g/mol. The van der Waals surface area contributed by atoms with Gasteiger partial charge in [-0.2, -0.15) is 0 Å². The van der Waals surface area contributed by atoms with Crippen molar-refractivity contribution in [2.24, 2.45) is 0 Å². The number of benzene rings is 2. The second kappa shape index (κ2) is 7.45. The van der Waals surface area contributed by atoms with Crippen LogP contribution in [0.25, 0.3) is 0 Å². The smallest absolute Gasteiger partial charge is 0.255 e. The van der Waals surface area contributed by atoms with Crippen LogP contribution in [0, 0.1) is 0 Å². The third-order valence-corrected chi connectivity index (χ3v) is 4.95. The van der Waals surface area contributed by atoms with Crippen LogP contribution in [0.15, 0.2) is 60.0 Å². The van der Waals surface area contributed by atoms with E-state index in [4.69, 9.17) is 0 Å². The fourth-order valence-corrected chi connectivity index (χ4v) is 3.30. The minimum Gasteiger partial charge on any atom is -0.324 e.